The molecule has 1 amide bonds. The first-order chi connectivity index (χ1) is 15.5. The molecule has 0 unspecified atom stereocenters. The van der Waals surface area contributed by atoms with Gasteiger partial charge < -0.3 is 9.72 Å². The molecule has 0 fully saturated rings. The Morgan fingerprint density at radius 1 is 1.19 bits per heavy atom. The molecule has 0 aliphatic carbocycles. The van der Waals surface area contributed by atoms with E-state index in [1.165, 1.54) is 11.3 Å². The van der Waals surface area contributed by atoms with Gasteiger partial charge in [-0.1, -0.05) is 42.5 Å². The molecular weight excluding hydrogens is 424 g/mol. The third-order valence-electron chi connectivity index (χ3n) is 4.93. The van der Waals surface area contributed by atoms with Gasteiger partial charge in [0.25, 0.3) is 5.56 Å². The van der Waals surface area contributed by atoms with Crippen molar-refractivity contribution in [1.82, 2.24) is 15.4 Å². The van der Waals surface area contributed by atoms with Gasteiger partial charge in [-0.15, -0.1) is 11.3 Å². The fourth-order valence-corrected chi connectivity index (χ4v) is 4.23. The van der Waals surface area contributed by atoms with Gasteiger partial charge in [-0.25, -0.2) is 10.4 Å². The zero-order valence-electron chi connectivity index (χ0n) is 17.7. The van der Waals surface area contributed by atoms with E-state index in [0.717, 1.165) is 21.6 Å². The maximum absolute atomic E-state index is 12.3. The van der Waals surface area contributed by atoms with Crippen molar-refractivity contribution in [2.75, 3.05) is 0 Å². The number of fused-ring (bicyclic) bond motifs is 1. The average molecular weight is 447 g/mol. The van der Waals surface area contributed by atoms with Crippen molar-refractivity contribution in [2.45, 2.75) is 26.9 Å². The maximum atomic E-state index is 12.3. The Labute approximate surface area is 188 Å². The van der Waals surface area contributed by atoms with Crippen LogP contribution in [0.2, 0.25) is 0 Å². The molecule has 32 heavy (non-hydrogen) atoms. The smallest absolute Gasteiger partial charge is 0.259 e. The summed E-state index contributed by atoms with van der Waals surface area (Å²) in [5.41, 5.74) is 5.04. The van der Waals surface area contributed by atoms with Gasteiger partial charge in [0, 0.05) is 4.88 Å². The van der Waals surface area contributed by atoms with E-state index in [1.54, 1.807) is 6.21 Å². The predicted octanol–water partition coefficient (Wildman–Crippen LogP) is 3.87. The molecule has 8 heteroatoms. The molecule has 0 saturated heterocycles. The maximum Gasteiger partial charge on any atom is 0.259 e. The van der Waals surface area contributed by atoms with Crippen molar-refractivity contribution in [3.8, 4) is 5.75 Å². The topological polar surface area (TPSA) is 96.4 Å². The molecule has 0 aliphatic heterocycles. The van der Waals surface area contributed by atoms with Crippen LogP contribution in [0.25, 0.3) is 10.2 Å². The zero-order chi connectivity index (χ0) is 22.5. The van der Waals surface area contributed by atoms with Crippen LogP contribution in [0.4, 0.5) is 0 Å². The van der Waals surface area contributed by atoms with Crippen molar-refractivity contribution >= 4 is 33.7 Å². The second-order valence-electron chi connectivity index (χ2n) is 7.29. The van der Waals surface area contributed by atoms with Gasteiger partial charge in [-0.2, -0.15) is 5.10 Å². The highest BCUT2D eigenvalue weighted by Crippen LogP contribution is 2.25. The molecule has 2 N–H and O–H groups in total. The molecule has 0 atom stereocenters. The number of carbonyl (C=O) groups excluding carboxylic acids is 1. The van der Waals surface area contributed by atoms with Crippen LogP contribution in [0.15, 0.2) is 64.5 Å². The van der Waals surface area contributed by atoms with Crippen LogP contribution < -0.4 is 15.7 Å². The minimum Gasteiger partial charge on any atom is -0.489 e. The van der Waals surface area contributed by atoms with Crippen LogP contribution in [0, 0.1) is 13.8 Å². The molecule has 0 bridgehead atoms. The Balaban J connectivity index is 1.35. The van der Waals surface area contributed by atoms with Crippen molar-refractivity contribution in [3.63, 3.8) is 0 Å². The number of thiophene rings is 1. The van der Waals surface area contributed by atoms with E-state index >= 15 is 0 Å². The number of aryl methyl sites for hydroxylation is 2. The Morgan fingerprint density at radius 3 is 2.81 bits per heavy atom. The Bertz CT molecular complexity index is 1340. The highest BCUT2D eigenvalue weighted by molar-refractivity contribution is 7.18. The van der Waals surface area contributed by atoms with Gasteiger partial charge >= 0.3 is 0 Å². The summed E-state index contributed by atoms with van der Waals surface area (Å²) in [6.45, 7) is 4.31. The lowest BCUT2D eigenvalue weighted by Gasteiger charge is -2.06. The van der Waals surface area contributed by atoms with Crippen molar-refractivity contribution in [3.05, 3.63) is 92.3 Å². The second-order valence-corrected chi connectivity index (χ2v) is 8.50. The highest BCUT2D eigenvalue weighted by Gasteiger charge is 2.13. The van der Waals surface area contributed by atoms with Crippen LogP contribution in [0.1, 0.15) is 27.4 Å². The first-order valence-corrected chi connectivity index (χ1v) is 10.9. The summed E-state index contributed by atoms with van der Waals surface area (Å²) >= 11 is 1.45. The van der Waals surface area contributed by atoms with Gasteiger partial charge in [0.15, 0.2) is 0 Å². The number of hydrogen-bond donors (Lipinski definition) is 2. The summed E-state index contributed by atoms with van der Waals surface area (Å²) in [4.78, 5) is 33.4. The minimum absolute atomic E-state index is 0.0707. The van der Waals surface area contributed by atoms with Crippen molar-refractivity contribution < 1.29 is 9.53 Å². The third-order valence-corrected chi connectivity index (χ3v) is 6.03. The first-order valence-electron chi connectivity index (χ1n) is 10.1. The summed E-state index contributed by atoms with van der Waals surface area (Å²) in [5.74, 6) is 0.652. The molecule has 162 valence electrons. The van der Waals surface area contributed by atoms with Crippen LogP contribution >= 0.6 is 11.3 Å². The van der Waals surface area contributed by atoms with Gasteiger partial charge in [-0.05, 0) is 42.7 Å². The number of H-pyrrole nitrogens is 1. The zero-order valence-corrected chi connectivity index (χ0v) is 18.5. The summed E-state index contributed by atoms with van der Waals surface area (Å²) in [5, 5.41) is 4.59. The first kappa shape index (κ1) is 21.5. The lowest BCUT2D eigenvalue weighted by Crippen LogP contribution is -2.23. The highest BCUT2D eigenvalue weighted by atomic mass is 32.1. The summed E-state index contributed by atoms with van der Waals surface area (Å²) in [7, 11) is 0. The predicted molar refractivity (Wildman–Crippen MR) is 126 cm³/mol. The van der Waals surface area contributed by atoms with Crippen LogP contribution in [-0.4, -0.2) is 22.1 Å². The molecule has 0 saturated carbocycles. The molecule has 0 aliphatic rings. The molecule has 2 heterocycles. The SMILES string of the molecule is Cc1sc2nc(CC(=O)N/N=C/c3cccc(OCc4ccccc4)c3)[nH]c(=O)c2c1C. The Kier molecular flexibility index (Phi) is 6.42. The number of benzene rings is 2. The quantitative estimate of drug-likeness (QED) is 0.333. The molecule has 2 aromatic heterocycles. The van der Waals surface area contributed by atoms with E-state index in [-0.39, 0.29) is 17.9 Å². The Morgan fingerprint density at radius 2 is 2.00 bits per heavy atom. The molecule has 0 spiro atoms. The summed E-state index contributed by atoms with van der Waals surface area (Å²) in [6.07, 6.45) is 1.47. The molecule has 0 radical (unpaired) electrons. The minimum atomic E-state index is -0.370. The number of rotatable bonds is 7. The van der Waals surface area contributed by atoms with Crippen LogP contribution in [0.3, 0.4) is 0 Å². The van der Waals surface area contributed by atoms with Crippen LogP contribution in [0.5, 0.6) is 5.75 Å². The van der Waals surface area contributed by atoms with Crippen molar-refractivity contribution in [2.24, 2.45) is 5.10 Å². The Hall–Kier alpha value is -3.78. The number of aromatic nitrogens is 2. The molecule has 4 rings (SSSR count). The summed E-state index contributed by atoms with van der Waals surface area (Å²) < 4.78 is 5.81. The van der Waals surface area contributed by atoms with E-state index in [2.05, 4.69) is 20.5 Å². The second kappa shape index (κ2) is 9.57. The van der Waals surface area contributed by atoms with Crippen molar-refractivity contribution in [1.29, 1.82) is 0 Å². The standard InChI is InChI=1S/C24H22N4O3S/c1-15-16(2)32-24-22(15)23(30)26-20(27-24)12-21(29)28-25-13-18-9-6-10-19(11-18)31-14-17-7-4-3-5-8-17/h3-11,13H,12,14H2,1-2H3,(H,28,29)(H,26,27,30)/b25-13+. The molecule has 2 aromatic carbocycles. The normalized spacial score (nSPS) is 11.2. The fraction of sp³-hybridized carbons (Fsp3) is 0.167. The number of amides is 1. The van der Waals surface area contributed by atoms with E-state index in [4.69, 9.17) is 4.74 Å². The summed E-state index contributed by atoms with van der Waals surface area (Å²) in [6, 6.07) is 17.3. The monoisotopic (exact) mass is 446 g/mol. The largest absolute Gasteiger partial charge is 0.489 e. The van der Waals surface area contributed by atoms with Gasteiger partial charge in [-0.3, -0.25) is 9.59 Å². The van der Waals surface area contributed by atoms with Gasteiger partial charge in [0.2, 0.25) is 5.91 Å². The van der Waals surface area contributed by atoms with E-state index < -0.39 is 0 Å². The van der Waals surface area contributed by atoms with Crippen LogP contribution in [-0.2, 0) is 17.8 Å². The average Bonchev–Trinajstić information content (AvgIpc) is 3.07. The number of ether oxygens (including phenoxy) is 1. The number of nitrogens with zero attached hydrogens (tertiary/aromatic N) is 2. The van der Waals surface area contributed by atoms with E-state index in [0.29, 0.717) is 28.4 Å². The third kappa shape index (κ3) is 5.09. The lowest BCUT2D eigenvalue weighted by molar-refractivity contribution is -0.120. The number of hydrazone groups is 1. The number of nitrogens with one attached hydrogen (secondary N) is 2. The number of aromatic amines is 1. The van der Waals surface area contributed by atoms with Gasteiger partial charge in [0.05, 0.1) is 18.0 Å². The van der Waals surface area contributed by atoms with E-state index in [1.807, 2.05) is 68.4 Å². The molecular formula is C24H22N4O3S. The number of carbonyl (C=O) groups is 1. The number of hydrogen-bond acceptors (Lipinski definition) is 6. The van der Waals surface area contributed by atoms with Gasteiger partial charge in [0.1, 0.15) is 23.0 Å². The van der Waals surface area contributed by atoms with E-state index in [9.17, 15) is 9.59 Å². The lowest BCUT2D eigenvalue weighted by atomic mass is 10.2. The molecule has 7 nitrogen and oxygen atoms in total. The molecule has 4 aromatic rings. The fourth-order valence-electron chi connectivity index (χ4n) is 3.18.